The first-order valence-corrected chi connectivity index (χ1v) is 9.76. The van der Waals surface area contributed by atoms with E-state index in [9.17, 15) is 14.9 Å². The van der Waals surface area contributed by atoms with Gasteiger partial charge in [-0.25, -0.2) is 4.98 Å². The third-order valence-corrected chi connectivity index (χ3v) is 6.02. The van der Waals surface area contributed by atoms with E-state index in [1.54, 1.807) is 4.90 Å². The molecule has 8 heteroatoms. The summed E-state index contributed by atoms with van der Waals surface area (Å²) >= 11 is 1.33. The highest BCUT2D eigenvalue weighted by atomic mass is 32.1. The Morgan fingerprint density at radius 2 is 2.15 bits per heavy atom. The monoisotopic (exact) mass is 381 g/mol. The van der Waals surface area contributed by atoms with Gasteiger partial charge in [0, 0.05) is 30.0 Å². The van der Waals surface area contributed by atoms with Gasteiger partial charge < -0.3 is 10.2 Å². The lowest BCUT2D eigenvalue weighted by Gasteiger charge is -2.26. The number of rotatable bonds is 3. The van der Waals surface area contributed by atoms with Crippen molar-refractivity contribution in [3.63, 3.8) is 0 Å². The van der Waals surface area contributed by atoms with Gasteiger partial charge in [-0.1, -0.05) is 29.5 Å². The van der Waals surface area contributed by atoms with Gasteiger partial charge in [0.05, 0.1) is 18.2 Å². The first-order chi connectivity index (χ1) is 13.2. The third kappa shape index (κ3) is 3.44. The predicted octanol–water partition coefficient (Wildman–Crippen LogP) is 1.77. The minimum absolute atomic E-state index is 0.0126. The van der Waals surface area contributed by atoms with Crippen LogP contribution in [-0.2, 0) is 17.8 Å². The van der Waals surface area contributed by atoms with Crippen LogP contribution < -0.4 is 10.2 Å². The summed E-state index contributed by atoms with van der Waals surface area (Å²) < 4.78 is 0. The SMILES string of the molecule is N#CN(C(=O)[C@H]1CCNC1)c1nc2c(s1)CN(C(=O)c1ccccc1)CC2. The van der Waals surface area contributed by atoms with E-state index in [2.05, 4.69) is 10.3 Å². The number of nitrogens with zero attached hydrogens (tertiary/aromatic N) is 4. The van der Waals surface area contributed by atoms with Crippen molar-refractivity contribution in [3.8, 4) is 6.19 Å². The van der Waals surface area contributed by atoms with Gasteiger partial charge in [-0.15, -0.1) is 0 Å². The summed E-state index contributed by atoms with van der Waals surface area (Å²) in [6.07, 6.45) is 3.35. The van der Waals surface area contributed by atoms with Gasteiger partial charge in [0.25, 0.3) is 5.91 Å². The molecule has 138 valence electrons. The molecule has 1 aromatic heterocycles. The average molecular weight is 381 g/mol. The molecule has 1 atom stereocenters. The Bertz CT molecular complexity index is 899. The Hall–Kier alpha value is -2.76. The highest BCUT2D eigenvalue weighted by molar-refractivity contribution is 7.16. The summed E-state index contributed by atoms with van der Waals surface area (Å²) in [6.45, 7) is 2.43. The zero-order chi connectivity index (χ0) is 18.8. The van der Waals surface area contributed by atoms with Crippen molar-refractivity contribution in [3.05, 3.63) is 46.5 Å². The molecule has 0 aliphatic carbocycles. The molecular weight excluding hydrogens is 362 g/mol. The average Bonchev–Trinajstić information content (AvgIpc) is 3.38. The number of aromatic nitrogens is 1. The van der Waals surface area contributed by atoms with Gasteiger partial charge in [0.1, 0.15) is 0 Å². The zero-order valence-electron chi connectivity index (χ0n) is 14.7. The van der Waals surface area contributed by atoms with Crippen LogP contribution in [0.3, 0.4) is 0 Å². The van der Waals surface area contributed by atoms with Crippen LogP contribution in [0.4, 0.5) is 5.13 Å². The molecule has 1 aromatic carbocycles. The molecule has 2 amide bonds. The fourth-order valence-electron chi connectivity index (χ4n) is 3.45. The lowest BCUT2D eigenvalue weighted by Crippen LogP contribution is -2.35. The van der Waals surface area contributed by atoms with Crippen molar-refractivity contribution in [2.24, 2.45) is 5.92 Å². The Labute approximate surface area is 161 Å². The van der Waals surface area contributed by atoms with E-state index in [4.69, 9.17) is 0 Å². The van der Waals surface area contributed by atoms with Gasteiger partial charge in [-0.05, 0) is 25.1 Å². The van der Waals surface area contributed by atoms with Crippen molar-refractivity contribution in [2.75, 3.05) is 24.5 Å². The van der Waals surface area contributed by atoms with E-state index in [1.165, 1.54) is 11.3 Å². The molecule has 1 fully saturated rings. The summed E-state index contributed by atoms with van der Waals surface area (Å²) in [5.74, 6) is -0.394. The largest absolute Gasteiger partial charge is 0.333 e. The van der Waals surface area contributed by atoms with Gasteiger partial charge in [0.2, 0.25) is 11.0 Å². The Balaban J connectivity index is 1.52. The fraction of sp³-hybridized carbons (Fsp3) is 0.368. The van der Waals surface area contributed by atoms with Crippen LogP contribution in [0.25, 0.3) is 0 Å². The second-order valence-corrected chi connectivity index (χ2v) is 7.73. The first kappa shape index (κ1) is 17.6. The van der Waals surface area contributed by atoms with Crippen molar-refractivity contribution >= 4 is 28.3 Å². The molecule has 7 nitrogen and oxygen atoms in total. The molecule has 0 saturated carbocycles. The van der Waals surface area contributed by atoms with Crippen LogP contribution in [-0.4, -0.2) is 41.3 Å². The number of carbonyl (C=O) groups excluding carboxylic acids is 2. The number of thiazole rings is 1. The van der Waals surface area contributed by atoms with Crippen LogP contribution in [0.1, 0.15) is 27.3 Å². The summed E-state index contributed by atoms with van der Waals surface area (Å²) in [5.41, 5.74) is 1.54. The topological polar surface area (TPSA) is 89.3 Å². The predicted molar refractivity (Wildman–Crippen MR) is 101 cm³/mol. The number of hydrogen-bond acceptors (Lipinski definition) is 6. The maximum absolute atomic E-state index is 12.7. The molecule has 27 heavy (non-hydrogen) atoms. The number of nitrogens with one attached hydrogen (secondary N) is 1. The van der Waals surface area contributed by atoms with E-state index in [-0.39, 0.29) is 17.7 Å². The molecule has 1 N–H and O–H groups in total. The maximum atomic E-state index is 12.7. The quantitative estimate of drug-likeness (QED) is 0.646. The van der Waals surface area contributed by atoms with E-state index in [1.807, 2.05) is 36.5 Å². The maximum Gasteiger partial charge on any atom is 0.254 e. The smallest absolute Gasteiger partial charge is 0.254 e. The van der Waals surface area contributed by atoms with Crippen LogP contribution in [0.2, 0.25) is 0 Å². The fourth-order valence-corrected chi connectivity index (χ4v) is 4.53. The number of fused-ring (bicyclic) bond motifs is 1. The molecule has 4 rings (SSSR count). The molecule has 3 heterocycles. The molecule has 2 aliphatic heterocycles. The van der Waals surface area contributed by atoms with E-state index >= 15 is 0 Å². The minimum Gasteiger partial charge on any atom is -0.333 e. The standard InChI is InChI=1S/C19H19N5O2S/c20-12-24(18(26)14-6-8-21-10-14)19-22-15-7-9-23(11-16(15)27-19)17(25)13-4-2-1-3-5-13/h1-5,14,21H,6-11H2/t14-/m0/s1. The molecule has 0 spiro atoms. The van der Waals surface area contributed by atoms with Crippen LogP contribution >= 0.6 is 11.3 Å². The van der Waals surface area contributed by atoms with Gasteiger partial charge in [-0.3, -0.25) is 9.59 Å². The Morgan fingerprint density at radius 3 is 2.85 bits per heavy atom. The highest BCUT2D eigenvalue weighted by Gasteiger charge is 2.32. The number of carbonyl (C=O) groups is 2. The van der Waals surface area contributed by atoms with E-state index < -0.39 is 0 Å². The van der Waals surface area contributed by atoms with Crippen LogP contribution in [0, 0.1) is 17.4 Å². The molecular formula is C19H19N5O2S. The third-order valence-electron chi connectivity index (χ3n) is 4.95. The van der Waals surface area contributed by atoms with Crippen molar-refractivity contribution in [1.29, 1.82) is 5.26 Å². The van der Waals surface area contributed by atoms with E-state index in [0.717, 1.165) is 28.4 Å². The van der Waals surface area contributed by atoms with Crippen LogP contribution in [0.15, 0.2) is 30.3 Å². The molecule has 1 saturated heterocycles. The zero-order valence-corrected chi connectivity index (χ0v) is 15.5. The first-order valence-electron chi connectivity index (χ1n) is 8.94. The summed E-state index contributed by atoms with van der Waals surface area (Å²) in [6, 6.07) is 9.20. The van der Waals surface area contributed by atoms with Crippen molar-refractivity contribution in [2.45, 2.75) is 19.4 Å². The number of hydrogen-bond donors (Lipinski definition) is 1. The number of benzene rings is 1. The Morgan fingerprint density at radius 1 is 1.33 bits per heavy atom. The number of anilines is 1. The van der Waals surface area contributed by atoms with E-state index in [0.29, 0.717) is 36.8 Å². The summed E-state index contributed by atoms with van der Waals surface area (Å²) in [7, 11) is 0. The molecule has 2 aromatic rings. The molecule has 2 aliphatic rings. The number of nitriles is 1. The summed E-state index contributed by atoms with van der Waals surface area (Å²) in [5, 5.41) is 13.1. The van der Waals surface area contributed by atoms with Crippen molar-refractivity contribution in [1.82, 2.24) is 15.2 Å². The van der Waals surface area contributed by atoms with Crippen LogP contribution in [0.5, 0.6) is 0 Å². The van der Waals surface area contributed by atoms with Gasteiger partial charge in [0.15, 0.2) is 6.19 Å². The van der Waals surface area contributed by atoms with Gasteiger partial charge >= 0.3 is 0 Å². The van der Waals surface area contributed by atoms with Crippen molar-refractivity contribution < 1.29 is 9.59 Å². The molecule has 0 radical (unpaired) electrons. The second-order valence-electron chi connectivity index (χ2n) is 6.67. The van der Waals surface area contributed by atoms with Gasteiger partial charge in [-0.2, -0.15) is 10.2 Å². The summed E-state index contributed by atoms with van der Waals surface area (Å²) in [4.78, 5) is 33.7. The lowest BCUT2D eigenvalue weighted by atomic mass is 10.1. The lowest BCUT2D eigenvalue weighted by molar-refractivity contribution is -0.121. The second kappa shape index (κ2) is 7.47. The number of amides is 2. The Kier molecular flexibility index (Phi) is 4.88. The normalized spacial score (nSPS) is 18.6. The highest BCUT2D eigenvalue weighted by Crippen LogP contribution is 2.32. The molecule has 0 unspecified atom stereocenters. The minimum atomic E-state index is -0.203. The molecule has 0 bridgehead atoms.